The van der Waals surface area contributed by atoms with Crippen molar-refractivity contribution in [3.8, 4) is 5.75 Å². The molecule has 0 saturated heterocycles. The number of hydrogen-bond donors (Lipinski definition) is 1. The number of pyridine rings is 1. The molecule has 0 unspecified atom stereocenters. The predicted molar refractivity (Wildman–Crippen MR) is 76.1 cm³/mol. The van der Waals surface area contributed by atoms with Crippen molar-refractivity contribution in [1.29, 1.82) is 0 Å². The Morgan fingerprint density at radius 1 is 1.20 bits per heavy atom. The molecule has 4 nitrogen and oxygen atoms in total. The van der Waals surface area contributed by atoms with Gasteiger partial charge in [0, 0.05) is 11.8 Å². The lowest BCUT2D eigenvalue weighted by molar-refractivity contribution is 0.103. The molecule has 0 aliphatic heterocycles. The van der Waals surface area contributed by atoms with Crippen LogP contribution in [-0.4, -0.2) is 20.5 Å². The molecule has 0 aliphatic carbocycles. The predicted octanol–water partition coefficient (Wildman–Crippen LogP) is 2.83. The number of carbonyl (C=O) groups is 1. The van der Waals surface area contributed by atoms with Gasteiger partial charge in [0.15, 0.2) is 5.78 Å². The Bertz CT molecular complexity index is 773. The van der Waals surface area contributed by atoms with Gasteiger partial charge in [-0.05, 0) is 42.8 Å². The Balaban J connectivity index is 2.17. The molecule has 0 bridgehead atoms. The number of fused-ring (bicyclic) bond motifs is 1. The molecule has 0 aliphatic rings. The zero-order valence-corrected chi connectivity index (χ0v) is 11.1. The van der Waals surface area contributed by atoms with E-state index in [9.17, 15) is 9.90 Å². The molecule has 4 heteroatoms. The number of carbonyl (C=O) groups excluding carboxylic acids is 1. The second-order valence-electron chi connectivity index (χ2n) is 4.58. The molecule has 2 aromatic heterocycles. The van der Waals surface area contributed by atoms with Crippen LogP contribution in [0.3, 0.4) is 0 Å². The maximum Gasteiger partial charge on any atom is 0.197 e. The van der Waals surface area contributed by atoms with Crippen molar-refractivity contribution in [3.05, 3.63) is 65.5 Å². The van der Waals surface area contributed by atoms with E-state index >= 15 is 0 Å². The zero-order valence-electron chi connectivity index (χ0n) is 11.1. The molecule has 20 heavy (non-hydrogen) atoms. The topological polar surface area (TPSA) is 54.6 Å². The van der Waals surface area contributed by atoms with Crippen molar-refractivity contribution in [3.63, 3.8) is 0 Å². The van der Waals surface area contributed by atoms with Crippen molar-refractivity contribution >= 4 is 11.3 Å². The number of benzene rings is 1. The standard InChI is InChI=1S/C16H14N2O2/c1-2-13-15(14-5-3-4-10-18(14)17-13)16(20)11-6-8-12(19)9-7-11/h3-10,19H,2H2,1H3. The first-order chi connectivity index (χ1) is 9.70. The van der Waals surface area contributed by atoms with Gasteiger partial charge in [0.25, 0.3) is 0 Å². The van der Waals surface area contributed by atoms with Crippen LogP contribution in [0.5, 0.6) is 5.75 Å². The monoisotopic (exact) mass is 266 g/mol. The van der Waals surface area contributed by atoms with Gasteiger partial charge in [-0.25, -0.2) is 4.52 Å². The average molecular weight is 266 g/mol. The van der Waals surface area contributed by atoms with Gasteiger partial charge < -0.3 is 5.11 Å². The van der Waals surface area contributed by atoms with Gasteiger partial charge in [-0.15, -0.1) is 0 Å². The van der Waals surface area contributed by atoms with Crippen molar-refractivity contribution < 1.29 is 9.90 Å². The van der Waals surface area contributed by atoms with E-state index in [-0.39, 0.29) is 11.5 Å². The molecule has 2 heterocycles. The zero-order chi connectivity index (χ0) is 14.1. The van der Waals surface area contributed by atoms with Gasteiger partial charge in [0.2, 0.25) is 0 Å². The Kier molecular flexibility index (Phi) is 2.99. The number of phenolic OH excluding ortho intramolecular Hbond substituents is 1. The molecule has 0 saturated carbocycles. The molecule has 1 aromatic carbocycles. The van der Waals surface area contributed by atoms with Gasteiger partial charge in [-0.3, -0.25) is 4.79 Å². The van der Waals surface area contributed by atoms with Crippen molar-refractivity contribution in [2.24, 2.45) is 0 Å². The molecular formula is C16H14N2O2. The first-order valence-electron chi connectivity index (χ1n) is 6.50. The highest BCUT2D eigenvalue weighted by Gasteiger charge is 2.19. The highest BCUT2D eigenvalue weighted by Crippen LogP contribution is 2.21. The number of ketones is 1. The number of hydrogen-bond acceptors (Lipinski definition) is 3. The van der Waals surface area contributed by atoms with Gasteiger partial charge >= 0.3 is 0 Å². The maximum atomic E-state index is 12.7. The Labute approximate surface area is 116 Å². The molecule has 3 aromatic rings. The molecule has 0 fully saturated rings. The van der Waals surface area contributed by atoms with Crippen LogP contribution in [0.25, 0.3) is 5.52 Å². The number of aryl methyl sites for hydroxylation is 1. The Morgan fingerprint density at radius 2 is 1.95 bits per heavy atom. The average Bonchev–Trinajstić information content (AvgIpc) is 2.85. The first-order valence-corrected chi connectivity index (χ1v) is 6.50. The quantitative estimate of drug-likeness (QED) is 0.742. The van der Waals surface area contributed by atoms with Crippen LogP contribution in [0.15, 0.2) is 48.7 Å². The molecule has 0 radical (unpaired) electrons. The molecule has 0 amide bonds. The third-order valence-corrected chi connectivity index (χ3v) is 3.30. The lowest BCUT2D eigenvalue weighted by Gasteiger charge is -2.02. The summed E-state index contributed by atoms with van der Waals surface area (Å²) in [6, 6.07) is 12.0. The van der Waals surface area contributed by atoms with Gasteiger partial charge in [-0.2, -0.15) is 5.10 Å². The van der Waals surface area contributed by atoms with E-state index in [1.165, 1.54) is 12.1 Å². The lowest BCUT2D eigenvalue weighted by atomic mass is 10.0. The van der Waals surface area contributed by atoms with Crippen LogP contribution in [0, 0.1) is 0 Å². The van der Waals surface area contributed by atoms with Crippen LogP contribution in [-0.2, 0) is 6.42 Å². The molecular weight excluding hydrogens is 252 g/mol. The number of aromatic nitrogens is 2. The summed E-state index contributed by atoms with van der Waals surface area (Å²) in [5.74, 6) is 0.0835. The van der Waals surface area contributed by atoms with E-state index in [4.69, 9.17) is 0 Å². The second-order valence-corrected chi connectivity index (χ2v) is 4.58. The summed E-state index contributed by atoms with van der Waals surface area (Å²) < 4.78 is 1.73. The minimum absolute atomic E-state index is 0.0666. The van der Waals surface area contributed by atoms with Gasteiger partial charge in [0.1, 0.15) is 5.75 Å². The van der Waals surface area contributed by atoms with Crippen LogP contribution < -0.4 is 0 Å². The molecule has 3 rings (SSSR count). The van der Waals surface area contributed by atoms with Crippen LogP contribution in [0.1, 0.15) is 28.5 Å². The number of phenols is 1. The number of rotatable bonds is 3. The summed E-state index contributed by atoms with van der Waals surface area (Å²) in [6.45, 7) is 1.98. The second kappa shape index (κ2) is 4.81. The highest BCUT2D eigenvalue weighted by atomic mass is 16.3. The maximum absolute atomic E-state index is 12.7. The van der Waals surface area contributed by atoms with E-state index in [1.54, 1.807) is 16.6 Å². The van der Waals surface area contributed by atoms with E-state index in [0.29, 0.717) is 17.5 Å². The fourth-order valence-electron chi connectivity index (χ4n) is 2.30. The highest BCUT2D eigenvalue weighted by molar-refractivity contribution is 6.14. The third-order valence-electron chi connectivity index (χ3n) is 3.30. The minimum Gasteiger partial charge on any atom is -0.508 e. The lowest BCUT2D eigenvalue weighted by Crippen LogP contribution is -2.03. The molecule has 0 atom stereocenters. The third kappa shape index (κ3) is 1.95. The minimum atomic E-state index is -0.0666. The Hall–Kier alpha value is -2.62. The van der Waals surface area contributed by atoms with Crippen molar-refractivity contribution in [2.45, 2.75) is 13.3 Å². The van der Waals surface area contributed by atoms with E-state index in [0.717, 1.165) is 11.2 Å². The smallest absolute Gasteiger partial charge is 0.197 e. The fraction of sp³-hybridized carbons (Fsp3) is 0.125. The summed E-state index contributed by atoms with van der Waals surface area (Å²) >= 11 is 0. The molecule has 0 spiro atoms. The SMILES string of the molecule is CCc1nn2ccccc2c1C(=O)c1ccc(O)cc1. The summed E-state index contributed by atoms with van der Waals surface area (Å²) in [4.78, 5) is 12.7. The molecule has 1 N–H and O–H groups in total. The van der Waals surface area contributed by atoms with Crippen LogP contribution >= 0.6 is 0 Å². The van der Waals surface area contributed by atoms with Crippen molar-refractivity contribution in [1.82, 2.24) is 9.61 Å². The summed E-state index contributed by atoms with van der Waals surface area (Å²) in [6.07, 6.45) is 2.53. The molecule has 100 valence electrons. The van der Waals surface area contributed by atoms with Gasteiger partial charge in [-0.1, -0.05) is 13.0 Å². The van der Waals surface area contributed by atoms with E-state index < -0.39 is 0 Å². The van der Waals surface area contributed by atoms with E-state index in [2.05, 4.69) is 5.10 Å². The normalized spacial score (nSPS) is 10.8. The van der Waals surface area contributed by atoms with Gasteiger partial charge in [0.05, 0.1) is 16.8 Å². The van der Waals surface area contributed by atoms with E-state index in [1.807, 2.05) is 31.3 Å². The summed E-state index contributed by atoms with van der Waals surface area (Å²) in [5, 5.41) is 13.8. The fourth-order valence-corrected chi connectivity index (χ4v) is 2.30. The van der Waals surface area contributed by atoms with Crippen molar-refractivity contribution in [2.75, 3.05) is 0 Å². The Morgan fingerprint density at radius 3 is 2.65 bits per heavy atom. The number of nitrogens with zero attached hydrogens (tertiary/aromatic N) is 2. The van der Waals surface area contributed by atoms with Crippen LogP contribution in [0.2, 0.25) is 0 Å². The number of aromatic hydroxyl groups is 1. The largest absolute Gasteiger partial charge is 0.508 e. The first kappa shape index (κ1) is 12.4. The summed E-state index contributed by atoms with van der Waals surface area (Å²) in [7, 11) is 0. The summed E-state index contributed by atoms with van der Waals surface area (Å²) in [5.41, 5.74) is 2.78. The van der Waals surface area contributed by atoms with Crippen LogP contribution in [0.4, 0.5) is 0 Å².